The molecule has 0 aromatic rings. The number of rotatable bonds is 55. The van der Waals surface area contributed by atoms with Crippen LogP contribution in [-0.4, -0.2) is 180 Å². The van der Waals surface area contributed by atoms with Gasteiger partial charge < -0.3 is 86.9 Å². The van der Waals surface area contributed by atoms with Crippen LogP contribution in [-0.2, 0) is 47.9 Å². The molecule has 594 valence electrons. The Kier molecular flexibility index (Phi) is 61.6. The molecule has 0 aliphatic carbocycles. The lowest BCUT2D eigenvalue weighted by Gasteiger charge is -2.25. The molecule has 102 heavy (non-hydrogen) atoms. The van der Waals surface area contributed by atoms with Gasteiger partial charge in [-0.25, -0.2) is 14.4 Å². The summed E-state index contributed by atoms with van der Waals surface area (Å²) in [5, 5.41) is 35.2. The summed E-state index contributed by atoms with van der Waals surface area (Å²) in [4.78, 5) is 133. The van der Waals surface area contributed by atoms with Crippen molar-refractivity contribution in [3.8, 4) is 0 Å². The standard InChI is InChI=1S/C58H114N16O7.3C2HF3O2/c1-3-5-7-9-11-13-15-17-19-21-23-25-27-35-49(75)66-42-44-74(45-43-67-50(76)36-28-26-24-22-20-18-16-14-12-10-8-6-4-2)52(78)38-37-51(77)71-47(33-30-40-69-57(62)63)54(80)73-48(34-31-41-70-58(64)65)55(81)72-46(53(59)79)32-29-39-68-56(60)61;3*3-2(4,5)1(6)7/h46-48H,3-45H2,1-2H3,(H2,59,79)(H,66,75)(H,67,76)(H,71,77)(H,72,81)(H,73,80)(H4,60,61,68)(H4,62,63,69)(H4,64,65,70);3*(H,6,7)/t46-,47-,48-;;;/m0.../s1. The maximum absolute atomic E-state index is 14.0. The van der Waals surface area contributed by atoms with Crippen LogP contribution in [0.3, 0.4) is 0 Å². The Labute approximate surface area is 592 Å². The highest BCUT2D eigenvalue weighted by Crippen LogP contribution is 2.18. The van der Waals surface area contributed by atoms with Gasteiger partial charge in [0.25, 0.3) is 0 Å². The summed E-state index contributed by atoms with van der Waals surface area (Å²) in [6, 6.07) is -3.54. The summed E-state index contributed by atoms with van der Waals surface area (Å²) in [5.41, 5.74) is 38.4. The second-order valence-corrected chi connectivity index (χ2v) is 24.0. The summed E-state index contributed by atoms with van der Waals surface area (Å²) in [7, 11) is 0. The molecule has 0 saturated heterocycles. The van der Waals surface area contributed by atoms with Gasteiger partial charge in [0, 0.05) is 71.5 Å². The van der Waals surface area contributed by atoms with Crippen LogP contribution in [0.4, 0.5) is 39.5 Å². The molecule has 3 atom stereocenters. The number of amides is 7. The number of nitrogens with one attached hydrogen (secondary N) is 5. The topological polar surface area (TPSA) is 514 Å². The van der Waals surface area contributed by atoms with E-state index in [0.717, 1.165) is 38.5 Å². The number of alkyl halides is 9. The number of guanidine groups is 3. The van der Waals surface area contributed by atoms with Gasteiger partial charge in [-0.1, -0.05) is 168 Å². The summed E-state index contributed by atoms with van der Waals surface area (Å²) in [5.74, 6) is -12.2. The van der Waals surface area contributed by atoms with Crippen LogP contribution in [0.15, 0.2) is 15.0 Å². The molecule has 7 amide bonds. The van der Waals surface area contributed by atoms with Gasteiger partial charge in [-0.2, -0.15) is 39.5 Å². The number of nitrogens with zero attached hydrogens (tertiary/aromatic N) is 4. The Morgan fingerprint density at radius 1 is 0.353 bits per heavy atom. The number of aliphatic carboxylic acids is 3. The smallest absolute Gasteiger partial charge is 0.475 e. The number of unbranched alkanes of at least 4 members (excludes halogenated alkanes) is 24. The van der Waals surface area contributed by atoms with E-state index in [-0.39, 0.29) is 126 Å². The molecule has 0 bridgehead atoms. The Bertz CT molecular complexity index is 2330. The number of carboxylic acid groups (broad SMARTS) is 3. The molecule has 0 fully saturated rings. The van der Waals surface area contributed by atoms with E-state index in [4.69, 9.17) is 69.8 Å². The molecule has 0 heterocycles. The van der Waals surface area contributed by atoms with Crippen LogP contribution < -0.4 is 66.7 Å². The van der Waals surface area contributed by atoms with E-state index in [1.54, 1.807) is 0 Å². The van der Waals surface area contributed by atoms with Crippen LogP contribution in [0, 0.1) is 0 Å². The second kappa shape index (κ2) is 62.6. The lowest BCUT2D eigenvalue weighted by Crippen LogP contribution is -2.56. The summed E-state index contributed by atoms with van der Waals surface area (Å²) < 4.78 is 95.2. The normalized spacial score (nSPS) is 11.9. The number of hydrogen-bond acceptors (Lipinski definition) is 13. The second-order valence-electron chi connectivity index (χ2n) is 24.0. The molecule has 0 unspecified atom stereocenters. The highest BCUT2D eigenvalue weighted by molar-refractivity contribution is 5.94. The quantitative estimate of drug-likeness (QED) is 0.0129. The molecule has 0 rings (SSSR count). The molecule has 0 saturated carbocycles. The van der Waals surface area contributed by atoms with Crippen molar-refractivity contribution in [3.63, 3.8) is 0 Å². The van der Waals surface area contributed by atoms with Gasteiger partial charge in [0.15, 0.2) is 17.9 Å². The molecule has 38 heteroatoms. The fourth-order valence-corrected chi connectivity index (χ4v) is 9.33. The average molecular weight is 1490 g/mol. The molecular weight excluding hydrogens is 1370 g/mol. The van der Waals surface area contributed by atoms with E-state index in [2.05, 4.69) is 55.4 Å². The molecule has 0 aromatic carbocycles. The largest absolute Gasteiger partial charge is 0.490 e. The average Bonchev–Trinajstić information content (AvgIpc) is 0.888. The van der Waals surface area contributed by atoms with Crippen molar-refractivity contribution in [1.82, 2.24) is 31.5 Å². The third-order valence-electron chi connectivity index (χ3n) is 14.8. The number of aliphatic imine (C=N–C) groups is 3. The number of carboxylic acids is 3. The predicted octanol–water partition coefficient (Wildman–Crippen LogP) is 6.79. The lowest BCUT2D eigenvalue weighted by atomic mass is 10.0. The number of primary amides is 1. The van der Waals surface area contributed by atoms with Gasteiger partial charge in [0.1, 0.15) is 18.1 Å². The number of hydrogen-bond donors (Lipinski definition) is 15. The van der Waals surface area contributed by atoms with Crippen LogP contribution in [0.1, 0.15) is 245 Å². The van der Waals surface area contributed by atoms with Crippen molar-refractivity contribution in [2.75, 3.05) is 45.8 Å². The maximum Gasteiger partial charge on any atom is 0.490 e. The summed E-state index contributed by atoms with van der Waals surface area (Å²) in [6.45, 7) is 5.62. The van der Waals surface area contributed by atoms with Gasteiger partial charge in [-0.05, 0) is 51.4 Å². The zero-order valence-corrected chi connectivity index (χ0v) is 59.3. The highest BCUT2D eigenvalue weighted by Gasteiger charge is 2.40. The minimum absolute atomic E-state index is 0.0344. The minimum Gasteiger partial charge on any atom is -0.475 e. The molecule has 0 radical (unpaired) electrons. The number of nitrogens with two attached hydrogens (primary N) is 7. The third kappa shape index (κ3) is 67.7. The minimum atomic E-state index is -5.08. The van der Waals surface area contributed by atoms with E-state index in [0.29, 0.717) is 19.3 Å². The lowest BCUT2D eigenvalue weighted by molar-refractivity contribution is -0.193. The fraction of sp³-hybridized carbons (Fsp3) is 0.797. The first kappa shape index (κ1) is 100. The SMILES string of the molecule is CCCCCCCCCCCCCCCC(=O)NCCN(CCNC(=O)CCCCCCCCCCCCCCC)C(=O)CCC(=O)N[C@@H](CCCN=C(N)N)C(=O)N[C@@H](CCCN=C(N)N)C(=O)N[C@@H](CCCN=C(N)N)C(N)=O.O=C(O)C(F)(F)F.O=C(O)C(F)(F)F.O=C(O)C(F)(F)F. The zero-order valence-electron chi connectivity index (χ0n) is 59.3. The molecule has 22 N–H and O–H groups in total. The van der Waals surface area contributed by atoms with Crippen molar-refractivity contribution < 1.29 is 103 Å². The van der Waals surface area contributed by atoms with E-state index in [1.807, 2.05) is 0 Å². The van der Waals surface area contributed by atoms with Crippen molar-refractivity contribution in [2.45, 2.75) is 282 Å². The first-order valence-corrected chi connectivity index (χ1v) is 34.9. The van der Waals surface area contributed by atoms with E-state index >= 15 is 0 Å². The monoisotopic (exact) mass is 1490 g/mol. The Morgan fingerprint density at radius 3 is 0.873 bits per heavy atom. The van der Waals surface area contributed by atoms with Crippen LogP contribution >= 0.6 is 0 Å². The van der Waals surface area contributed by atoms with Gasteiger partial charge >= 0.3 is 36.4 Å². The number of halogens is 9. The van der Waals surface area contributed by atoms with Crippen LogP contribution in [0.5, 0.6) is 0 Å². The Hall–Kier alpha value is -8.12. The Balaban J connectivity index is -0.00000196. The first-order valence-electron chi connectivity index (χ1n) is 34.9. The van der Waals surface area contributed by atoms with Crippen molar-refractivity contribution in [3.05, 3.63) is 0 Å². The van der Waals surface area contributed by atoms with Crippen molar-refractivity contribution in [1.29, 1.82) is 0 Å². The highest BCUT2D eigenvalue weighted by atomic mass is 19.4. The van der Waals surface area contributed by atoms with Crippen LogP contribution in [0.25, 0.3) is 0 Å². The van der Waals surface area contributed by atoms with E-state index in [9.17, 15) is 73.1 Å². The van der Waals surface area contributed by atoms with Crippen LogP contribution in [0.2, 0.25) is 0 Å². The van der Waals surface area contributed by atoms with E-state index in [1.165, 1.54) is 133 Å². The number of carbonyl (C=O) groups excluding carboxylic acids is 7. The van der Waals surface area contributed by atoms with Gasteiger partial charge in [0.2, 0.25) is 41.4 Å². The maximum atomic E-state index is 14.0. The van der Waals surface area contributed by atoms with Crippen molar-refractivity contribution in [2.24, 2.45) is 55.1 Å². The predicted molar refractivity (Wildman–Crippen MR) is 368 cm³/mol. The van der Waals surface area contributed by atoms with Crippen molar-refractivity contribution >= 4 is 77.1 Å². The summed E-state index contributed by atoms with van der Waals surface area (Å²) >= 11 is 0. The molecule has 0 aromatic heterocycles. The van der Waals surface area contributed by atoms with Gasteiger partial charge in [-0.3, -0.25) is 48.5 Å². The molecule has 0 aliphatic heterocycles. The molecule has 0 spiro atoms. The molecule has 29 nitrogen and oxygen atoms in total. The molecular formula is C64H117F9N16O13. The first-order chi connectivity index (χ1) is 47.8. The molecule has 0 aliphatic rings. The van der Waals surface area contributed by atoms with E-state index < -0.39 is 78.2 Å². The Morgan fingerprint density at radius 2 is 0.608 bits per heavy atom. The third-order valence-corrected chi connectivity index (χ3v) is 14.8. The summed E-state index contributed by atoms with van der Waals surface area (Å²) in [6.07, 6.45) is 17.4. The fourth-order valence-electron chi connectivity index (χ4n) is 9.33. The number of carbonyl (C=O) groups is 10. The van der Waals surface area contributed by atoms with Gasteiger partial charge in [0.05, 0.1) is 0 Å². The zero-order chi connectivity index (χ0) is 78.4. The van der Waals surface area contributed by atoms with Gasteiger partial charge in [-0.15, -0.1) is 0 Å².